The first-order chi connectivity index (χ1) is 7.24. The number of aromatic amines is 1. The van der Waals surface area contributed by atoms with Gasteiger partial charge in [0.25, 0.3) is 0 Å². The van der Waals surface area contributed by atoms with Gasteiger partial charge in [-0.3, -0.25) is 0 Å². The Morgan fingerprint density at radius 1 is 1.53 bits per heavy atom. The highest BCUT2D eigenvalue weighted by atomic mass is 16.5. The minimum absolute atomic E-state index is 0.0246. The fourth-order valence-corrected chi connectivity index (χ4v) is 1.50. The predicted molar refractivity (Wildman–Crippen MR) is 59.9 cm³/mol. The number of hydrogen-bond donors (Lipinski definition) is 2. The second-order valence-corrected chi connectivity index (χ2v) is 3.52. The highest BCUT2D eigenvalue weighted by molar-refractivity contribution is 5.76. The molecule has 2 aromatic rings. The summed E-state index contributed by atoms with van der Waals surface area (Å²) in [6.07, 6.45) is 0.872. The minimum Gasteiger partial charge on any atom is -0.497 e. The van der Waals surface area contributed by atoms with E-state index in [1.54, 1.807) is 7.11 Å². The van der Waals surface area contributed by atoms with Crippen LogP contribution in [0.1, 0.15) is 25.2 Å². The number of methoxy groups -OCH3 is 1. The fourth-order valence-electron chi connectivity index (χ4n) is 1.50. The number of nitrogens with one attached hydrogen (secondary N) is 1. The zero-order valence-electron chi connectivity index (χ0n) is 8.95. The van der Waals surface area contributed by atoms with Gasteiger partial charge in [-0.15, -0.1) is 0 Å². The van der Waals surface area contributed by atoms with Crippen LogP contribution in [-0.4, -0.2) is 17.1 Å². The number of nitrogens with zero attached hydrogens (tertiary/aromatic N) is 1. The molecule has 4 heteroatoms. The molecule has 0 aliphatic rings. The molecular weight excluding hydrogens is 190 g/mol. The van der Waals surface area contributed by atoms with E-state index in [1.165, 1.54) is 0 Å². The lowest BCUT2D eigenvalue weighted by molar-refractivity contribution is 0.415. The molecule has 1 unspecified atom stereocenters. The molecule has 0 saturated heterocycles. The Hall–Kier alpha value is -1.55. The van der Waals surface area contributed by atoms with E-state index in [9.17, 15) is 0 Å². The Labute approximate surface area is 88.5 Å². The Kier molecular flexibility index (Phi) is 2.60. The normalized spacial score (nSPS) is 13.0. The second kappa shape index (κ2) is 3.90. The number of nitrogens with two attached hydrogens (primary N) is 1. The van der Waals surface area contributed by atoms with E-state index in [0.29, 0.717) is 0 Å². The molecule has 0 bridgehead atoms. The van der Waals surface area contributed by atoms with Gasteiger partial charge in [-0.25, -0.2) is 4.98 Å². The molecule has 0 aliphatic heterocycles. The maximum absolute atomic E-state index is 5.90. The van der Waals surface area contributed by atoms with Gasteiger partial charge in [-0.1, -0.05) is 6.92 Å². The van der Waals surface area contributed by atoms with Gasteiger partial charge < -0.3 is 15.5 Å². The van der Waals surface area contributed by atoms with Gasteiger partial charge in [0.15, 0.2) is 0 Å². The van der Waals surface area contributed by atoms with Crippen molar-refractivity contribution in [1.82, 2.24) is 9.97 Å². The van der Waals surface area contributed by atoms with Gasteiger partial charge in [-0.05, 0) is 18.6 Å². The molecule has 0 saturated carbocycles. The molecule has 3 N–H and O–H groups in total. The van der Waals surface area contributed by atoms with Crippen molar-refractivity contribution in [2.24, 2.45) is 5.73 Å². The van der Waals surface area contributed by atoms with Crippen molar-refractivity contribution in [3.63, 3.8) is 0 Å². The third-order valence-corrected chi connectivity index (χ3v) is 2.50. The molecule has 1 atom stereocenters. The summed E-state index contributed by atoms with van der Waals surface area (Å²) < 4.78 is 5.14. The summed E-state index contributed by atoms with van der Waals surface area (Å²) in [4.78, 5) is 7.63. The monoisotopic (exact) mass is 205 g/mol. The first-order valence-corrected chi connectivity index (χ1v) is 5.03. The summed E-state index contributed by atoms with van der Waals surface area (Å²) in [6.45, 7) is 2.04. The fraction of sp³-hybridized carbons (Fsp3) is 0.364. The maximum Gasteiger partial charge on any atom is 0.124 e. The van der Waals surface area contributed by atoms with Gasteiger partial charge in [0.2, 0.25) is 0 Å². The molecule has 0 fully saturated rings. The van der Waals surface area contributed by atoms with Gasteiger partial charge in [0.1, 0.15) is 11.6 Å². The number of ether oxygens (including phenoxy) is 1. The molecule has 80 valence electrons. The molecule has 1 heterocycles. The van der Waals surface area contributed by atoms with Crippen molar-refractivity contribution in [3.05, 3.63) is 24.0 Å². The first-order valence-electron chi connectivity index (χ1n) is 5.03. The minimum atomic E-state index is -0.0246. The number of aromatic nitrogens is 2. The van der Waals surface area contributed by atoms with Crippen molar-refractivity contribution in [1.29, 1.82) is 0 Å². The Morgan fingerprint density at radius 3 is 3.00 bits per heavy atom. The van der Waals surface area contributed by atoms with Crippen LogP contribution in [0.2, 0.25) is 0 Å². The zero-order valence-corrected chi connectivity index (χ0v) is 8.95. The van der Waals surface area contributed by atoms with Crippen molar-refractivity contribution < 1.29 is 4.74 Å². The molecule has 0 spiro atoms. The van der Waals surface area contributed by atoms with Crippen LogP contribution in [0, 0.1) is 0 Å². The summed E-state index contributed by atoms with van der Waals surface area (Å²) in [5.41, 5.74) is 7.80. The number of fused-ring (bicyclic) bond motifs is 1. The molecule has 1 aromatic carbocycles. The lowest BCUT2D eigenvalue weighted by Gasteiger charge is -2.02. The molecule has 15 heavy (non-hydrogen) atoms. The molecule has 1 aromatic heterocycles. The Morgan fingerprint density at radius 2 is 2.33 bits per heavy atom. The van der Waals surface area contributed by atoms with Crippen LogP contribution in [0.3, 0.4) is 0 Å². The Balaban J connectivity index is 2.46. The smallest absolute Gasteiger partial charge is 0.124 e. The molecule has 0 aliphatic carbocycles. The van der Waals surface area contributed by atoms with Crippen LogP contribution in [0.15, 0.2) is 18.2 Å². The van der Waals surface area contributed by atoms with E-state index < -0.39 is 0 Å². The molecule has 0 radical (unpaired) electrons. The van der Waals surface area contributed by atoms with Gasteiger partial charge >= 0.3 is 0 Å². The standard InChI is InChI=1S/C11H15N3O/c1-3-8(12)11-13-9-5-4-7(15-2)6-10(9)14-11/h4-6,8H,3,12H2,1-2H3,(H,13,14). The van der Waals surface area contributed by atoms with Crippen molar-refractivity contribution in [3.8, 4) is 5.75 Å². The lowest BCUT2D eigenvalue weighted by Crippen LogP contribution is -2.10. The van der Waals surface area contributed by atoms with Gasteiger partial charge in [0.05, 0.1) is 24.2 Å². The third kappa shape index (κ3) is 1.80. The number of hydrogen-bond acceptors (Lipinski definition) is 3. The van der Waals surface area contributed by atoms with Crippen molar-refractivity contribution in [2.75, 3.05) is 7.11 Å². The van der Waals surface area contributed by atoms with Crippen LogP contribution < -0.4 is 10.5 Å². The van der Waals surface area contributed by atoms with E-state index in [2.05, 4.69) is 9.97 Å². The largest absolute Gasteiger partial charge is 0.497 e. The number of H-pyrrole nitrogens is 1. The first kappa shape index (κ1) is 9.98. The van der Waals surface area contributed by atoms with E-state index in [1.807, 2.05) is 25.1 Å². The number of rotatable bonds is 3. The predicted octanol–water partition coefficient (Wildman–Crippen LogP) is 1.98. The maximum atomic E-state index is 5.90. The summed E-state index contributed by atoms with van der Waals surface area (Å²) in [5.74, 6) is 1.66. The molecular formula is C11H15N3O. The van der Waals surface area contributed by atoms with Crippen molar-refractivity contribution in [2.45, 2.75) is 19.4 Å². The van der Waals surface area contributed by atoms with Crippen LogP contribution in [0.5, 0.6) is 5.75 Å². The third-order valence-electron chi connectivity index (χ3n) is 2.50. The summed E-state index contributed by atoms with van der Waals surface area (Å²) >= 11 is 0. The summed E-state index contributed by atoms with van der Waals surface area (Å²) in [5, 5.41) is 0. The van der Waals surface area contributed by atoms with Crippen LogP contribution >= 0.6 is 0 Å². The molecule has 4 nitrogen and oxygen atoms in total. The quantitative estimate of drug-likeness (QED) is 0.805. The zero-order chi connectivity index (χ0) is 10.8. The highest BCUT2D eigenvalue weighted by Gasteiger charge is 2.09. The molecule has 0 amide bonds. The summed E-state index contributed by atoms with van der Waals surface area (Å²) in [6, 6.07) is 5.72. The highest BCUT2D eigenvalue weighted by Crippen LogP contribution is 2.21. The van der Waals surface area contributed by atoms with Crippen LogP contribution in [0.4, 0.5) is 0 Å². The second-order valence-electron chi connectivity index (χ2n) is 3.52. The Bertz CT molecular complexity index is 464. The number of imidazole rings is 1. The average Bonchev–Trinajstić information content (AvgIpc) is 2.70. The topological polar surface area (TPSA) is 63.9 Å². The summed E-state index contributed by atoms with van der Waals surface area (Å²) in [7, 11) is 1.65. The van der Waals surface area contributed by atoms with Crippen molar-refractivity contribution >= 4 is 11.0 Å². The van der Waals surface area contributed by atoms with Gasteiger partial charge in [0, 0.05) is 6.07 Å². The van der Waals surface area contributed by atoms with E-state index >= 15 is 0 Å². The number of benzene rings is 1. The van der Waals surface area contributed by atoms with Crippen LogP contribution in [-0.2, 0) is 0 Å². The molecule has 2 rings (SSSR count). The van der Waals surface area contributed by atoms with Crippen LogP contribution in [0.25, 0.3) is 11.0 Å². The SMILES string of the molecule is CCC(N)c1nc2ccc(OC)cc2[nH]1. The van der Waals surface area contributed by atoms with E-state index in [-0.39, 0.29) is 6.04 Å². The van der Waals surface area contributed by atoms with Gasteiger partial charge in [-0.2, -0.15) is 0 Å². The van der Waals surface area contributed by atoms with E-state index in [0.717, 1.165) is 29.0 Å². The average molecular weight is 205 g/mol. The van der Waals surface area contributed by atoms with E-state index in [4.69, 9.17) is 10.5 Å². The lowest BCUT2D eigenvalue weighted by atomic mass is 10.2.